The number of nitrogens with zero attached hydrogens (tertiary/aromatic N) is 2. The van der Waals surface area contributed by atoms with Crippen LogP contribution < -0.4 is 5.73 Å². The molecule has 2 N–H and O–H groups in total. The van der Waals surface area contributed by atoms with Crippen LogP contribution in [0.4, 0.5) is 0 Å². The lowest BCUT2D eigenvalue weighted by molar-refractivity contribution is -0.133. The highest BCUT2D eigenvalue weighted by Crippen LogP contribution is 2.09. The molecule has 17 heavy (non-hydrogen) atoms. The van der Waals surface area contributed by atoms with Gasteiger partial charge in [-0.2, -0.15) is 0 Å². The number of likely N-dealkylation sites (N-methyl/N-ethyl adjacent to an activating group) is 1. The van der Waals surface area contributed by atoms with Crippen molar-refractivity contribution in [1.29, 1.82) is 0 Å². The van der Waals surface area contributed by atoms with E-state index in [9.17, 15) is 4.79 Å². The largest absolute Gasteiger partial charge is 0.342 e. The van der Waals surface area contributed by atoms with E-state index >= 15 is 0 Å². The Morgan fingerprint density at radius 3 is 2.53 bits per heavy atom. The van der Waals surface area contributed by atoms with Crippen LogP contribution in [-0.2, 0) is 4.79 Å². The molecular formula is C13H27N3O. The van der Waals surface area contributed by atoms with E-state index in [4.69, 9.17) is 5.73 Å². The van der Waals surface area contributed by atoms with Crippen molar-refractivity contribution in [2.75, 3.05) is 39.8 Å². The third-order valence-electron chi connectivity index (χ3n) is 3.36. The zero-order valence-corrected chi connectivity index (χ0v) is 11.2. The minimum Gasteiger partial charge on any atom is -0.342 e. The van der Waals surface area contributed by atoms with Crippen LogP contribution in [0.1, 0.15) is 38.5 Å². The number of amides is 1. The Hall–Kier alpha value is -0.610. The fourth-order valence-electron chi connectivity index (χ4n) is 2.26. The third kappa shape index (κ3) is 6.03. The summed E-state index contributed by atoms with van der Waals surface area (Å²) >= 11 is 0. The van der Waals surface area contributed by atoms with Crippen molar-refractivity contribution in [2.45, 2.75) is 38.5 Å². The topological polar surface area (TPSA) is 49.6 Å². The SMILES string of the molecule is CN(CCCCCN)CC(=O)N1CCCCC1. The number of likely N-dealkylation sites (tertiary alicyclic amines) is 1. The number of unbranched alkanes of at least 4 members (excludes halogenated alkanes) is 2. The van der Waals surface area contributed by atoms with Crippen LogP contribution in [0, 0.1) is 0 Å². The average Bonchev–Trinajstić information content (AvgIpc) is 2.36. The van der Waals surface area contributed by atoms with E-state index < -0.39 is 0 Å². The van der Waals surface area contributed by atoms with Gasteiger partial charge in [0.05, 0.1) is 6.54 Å². The van der Waals surface area contributed by atoms with E-state index in [-0.39, 0.29) is 0 Å². The summed E-state index contributed by atoms with van der Waals surface area (Å²) in [5, 5.41) is 0. The minimum atomic E-state index is 0.297. The number of hydrogen-bond acceptors (Lipinski definition) is 3. The summed E-state index contributed by atoms with van der Waals surface area (Å²) in [6.45, 7) is 4.26. The van der Waals surface area contributed by atoms with Gasteiger partial charge in [0.2, 0.25) is 5.91 Å². The molecule has 1 saturated heterocycles. The highest BCUT2D eigenvalue weighted by atomic mass is 16.2. The number of nitrogens with two attached hydrogens (primary N) is 1. The van der Waals surface area contributed by atoms with Crippen molar-refractivity contribution in [3.8, 4) is 0 Å². The van der Waals surface area contributed by atoms with Crippen LogP contribution in [0.15, 0.2) is 0 Å². The summed E-state index contributed by atoms with van der Waals surface area (Å²) in [6, 6.07) is 0. The second kappa shape index (κ2) is 8.48. The van der Waals surface area contributed by atoms with Crippen LogP contribution >= 0.6 is 0 Å². The number of hydrogen-bond donors (Lipinski definition) is 1. The van der Waals surface area contributed by atoms with Crippen molar-refractivity contribution in [3.63, 3.8) is 0 Å². The fourth-order valence-corrected chi connectivity index (χ4v) is 2.26. The number of piperidine rings is 1. The van der Waals surface area contributed by atoms with Crippen molar-refractivity contribution in [3.05, 3.63) is 0 Å². The molecule has 1 aliphatic rings. The summed E-state index contributed by atoms with van der Waals surface area (Å²) in [5.74, 6) is 0.297. The first-order valence-corrected chi connectivity index (χ1v) is 6.90. The summed E-state index contributed by atoms with van der Waals surface area (Å²) in [5.41, 5.74) is 5.45. The predicted molar refractivity (Wildman–Crippen MR) is 70.8 cm³/mol. The Labute approximate surface area is 105 Å². The van der Waals surface area contributed by atoms with Gasteiger partial charge >= 0.3 is 0 Å². The van der Waals surface area contributed by atoms with Crippen molar-refractivity contribution >= 4 is 5.91 Å². The molecule has 1 aliphatic heterocycles. The van der Waals surface area contributed by atoms with Crippen molar-refractivity contribution in [2.24, 2.45) is 5.73 Å². The second-order valence-corrected chi connectivity index (χ2v) is 5.03. The van der Waals surface area contributed by atoms with Crippen LogP contribution in [-0.4, -0.2) is 55.5 Å². The van der Waals surface area contributed by atoms with Crippen molar-refractivity contribution in [1.82, 2.24) is 9.80 Å². The smallest absolute Gasteiger partial charge is 0.236 e. The molecule has 0 unspecified atom stereocenters. The van der Waals surface area contributed by atoms with E-state index in [1.54, 1.807) is 0 Å². The summed E-state index contributed by atoms with van der Waals surface area (Å²) in [7, 11) is 2.03. The maximum absolute atomic E-state index is 12.0. The molecule has 0 saturated carbocycles. The quantitative estimate of drug-likeness (QED) is 0.678. The molecule has 0 spiro atoms. The van der Waals surface area contributed by atoms with Gasteiger partial charge in [0.15, 0.2) is 0 Å². The molecule has 1 amide bonds. The molecule has 100 valence electrons. The number of rotatable bonds is 7. The molecule has 0 aromatic rings. The molecule has 4 nitrogen and oxygen atoms in total. The van der Waals surface area contributed by atoms with Crippen LogP contribution in [0.5, 0.6) is 0 Å². The lowest BCUT2D eigenvalue weighted by atomic mass is 10.1. The van der Waals surface area contributed by atoms with Gasteiger partial charge in [-0.1, -0.05) is 6.42 Å². The summed E-state index contributed by atoms with van der Waals surface area (Å²) < 4.78 is 0. The number of carbonyl (C=O) groups is 1. The average molecular weight is 241 g/mol. The van der Waals surface area contributed by atoms with E-state index in [2.05, 4.69) is 4.90 Å². The standard InChI is InChI=1S/C13H27N3O/c1-15(9-5-2-4-8-14)12-13(17)16-10-6-3-7-11-16/h2-12,14H2,1H3. The first-order valence-electron chi connectivity index (χ1n) is 6.90. The summed E-state index contributed by atoms with van der Waals surface area (Å²) in [4.78, 5) is 16.1. The molecule has 1 rings (SSSR count). The molecule has 0 aliphatic carbocycles. The van der Waals surface area contributed by atoms with E-state index in [1.165, 1.54) is 25.7 Å². The lowest BCUT2D eigenvalue weighted by Crippen LogP contribution is -2.41. The third-order valence-corrected chi connectivity index (χ3v) is 3.36. The van der Waals surface area contributed by atoms with E-state index in [0.717, 1.165) is 39.0 Å². The van der Waals surface area contributed by atoms with Gasteiger partial charge in [0, 0.05) is 13.1 Å². The Kier molecular flexibility index (Phi) is 7.21. The maximum atomic E-state index is 12.0. The molecule has 0 bridgehead atoms. The van der Waals surface area contributed by atoms with Gasteiger partial charge in [-0.05, 0) is 52.2 Å². The zero-order chi connectivity index (χ0) is 12.5. The van der Waals surface area contributed by atoms with E-state index in [0.29, 0.717) is 12.5 Å². The maximum Gasteiger partial charge on any atom is 0.236 e. The van der Waals surface area contributed by atoms with Gasteiger partial charge in [0.25, 0.3) is 0 Å². The van der Waals surface area contributed by atoms with Gasteiger partial charge in [-0.25, -0.2) is 0 Å². The molecule has 0 aromatic carbocycles. The minimum absolute atomic E-state index is 0.297. The molecular weight excluding hydrogens is 214 g/mol. The first-order chi connectivity index (χ1) is 8.24. The number of carbonyl (C=O) groups excluding carboxylic acids is 1. The van der Waals surface area contributed by atoms with Crippen molar-refractivity contribution < 1.29 is 4.79 Å². The highest BCUT2D eigenvalue weighted by molar-refractivity contribution is 5.78. The Bertz CT molecular complexity index is 215. The van der Waals surface area contributed by atoms with Crippen LogP contribution in [0.3, 0.4) is 0 Å². The molecule has 1 fully saturated rings. The fraction of sp³-hybridized carbons (Fsp3) is 0.923. The van der Waals surface area contributed by atoms with E-state index in [1.807, 2.05) is 11.9 Å². The van der Waals surface area contributed by atoms with Gasteiger partial charge < -0.3 is 10.6 Å². The Morgan fingerprint density at radius 2 is 1.88 bits per heavy atom. The molecule has 0 radical (unpaired) electrons. The Morgan fingerprint density at radius 1 is 1.18 bits per heavy atom. The van der Waals surface area contributed by atoms with Gasteiger partial charge in [0.1, 0.15) is 0 Å². The second-order valence-electron chi connectivity index (χ2n) is 5.03. The Balaban J connectivity index is 2.11. The van der Waals surface area contributed by atoms with Crippen LogP contribution in [0.25, 0.3) is 0 Å². The van der Waals surface area contributed by atoms with Crippen LogP contribution in [0.2, 0.25) is 0 Å². The summed E-state index contributed by atoms with van der Waals surface area (Å²) in [6.07, 6.45) is 7.02. The predicted octanol–water partition coefficient (Wildman–Crippen LogP) is 1.06. The van der Waals surface area contributed by atoms with Gasteiger partial charge in [-0.3, -0.25) is 9.69 Å². The molecule has 0 aromatic heterocycles. The zero-order valence-electron chi connectivity index (χ0n) is 11.2. The first kappa shape index (κ1) is 14.5. The monoisotopic (exact) mass is 241 g/mol. The highest BCUT2D eigenvalue weighted by Gasteiger charge is 2.17. The normalized spacial score (nSPS) is 16.5. The molecule has 0 atom stereocenters. The molecule has 1 heterocycles. The van der Waals surface area contributed by atoms with Gasteiger partial charge in [-0.15, -0.1) is 0 Å². The lowest BCUT2D eigenvalue weighted by Gasteiger charge is -2.28. The molecule has 4 heteroatoms.